The lowest BCUT2D eigenvalue weighted by atomic mass is 10.1. The number of esters is 1. The first-order chi connectivity index (χ1) is 16.4. The predicted octanol–water partition coefficient (Wildman–Crippen LogP) is 6.22. The number of nitrogens with one attached hydrogen (secondary N) is 1. The molecule has 2 rings (SSSR count). The lowest BCUT2D eigenvalue weighted by Gasteiger charge is -2.19. The average molecular weight is 520 g/mol. The minimum Gasteiger partial charge on any atom is -0.462 e. The zero-order valence-electron chi connectivity index (χ0n) is 19.1. The molecule has 0 radical (unpaired) electrons. The molecule has 192 valence electrons. The molecule has 1 N–H and O–H groups in total. The molecule has 0 aliphatic rings. The zero-order chi connectivity index (χ0) is 26.2. The van der Waals surface area contributed by atoms with Crippen molar-refractivity contribution in [3.05, 3.63) is 57.6 Å². The van der Waals surface area contributed by atoms with E-state index in [0.717, 1.165) is 6.07 Å². The molecule has 10 nitrogen and oxygen atoms in total. The van der Waals surface area contributed by atoms with E-state index in [1.54, 1.807) is 20.8 Å². The molecule has 14 heteroatoms. The number of nitro benzene ring substituents is 1. The molecular formula is C21H24F3N2O8P. The lowest BCUT2D eigenvalue weighted by Crippen LogP contribution is -2.12. The van der Waals surface area contributed by atoms with Gasteiger partial charge in [-0.25, -0.2) is 4.79 Å². The van der Waals surface area contributed by atoms with Crippen LogP contribution in [0.3, 0.4) is 0 Å². The van der Waals surface area contributed by atoms with Gasteiger partial charge in [0.15, 0.2) is 0 Å². The summed E-state index contributed by atoms with van der Waals surface area (Å²) in [5, 5.41) is 14.0. The first-order valence-corrected chi connectivity index (χ1v) is 12.1. The van der Waals surface area contributed by atoms with Crippen molar-refractivity contribution < 1.29 is 46.0 Å². The Hall–Kier alpha value is -3.15. The van der Waals surface area contributed by atoms with E-state index in [4.69, 9.17) is 18.5 Å². The molecule has 0 aliphatic carbocycles. The lowest BCUT2D eigenvalue weighted by molar-refractivity contribution is -0.384. The maximum Gasteiger partial charge on any atom is 0.420 e. The van der Waals surface area contributed by atoms with Gasteiger partial charge in [-0.05, 0) is 45.0 Å². The molecule has 0 bridgehead atoms. The maximum absolute atomic E-state index is 13.7. The number of alkyl halides is 3. The largest absolute Gasteiger partial charge is 0.462 e. The van der Waals surface area contributed by atoms with Crippen LogP contribution in [0.4, 0.5) is 24.5 Å². The monoisotopic (exact) mass is 520 g/mol. The van der Waals surface area contributed by atoms with Crippen LogP contribution >= 0.6 is 7.60 Å². The number of benzene rings is 2. The molecule has 0 aliphatic heterocycles. The van der Waals surface area contributed by atoms with Gasteiger partial charge in [-0.1, -0.05) is 0 Å². The fourth-order valence-electron chi connectivity index (χ4n) is 2.87. The number of rotatable bonds is 12. The number of anilines is 1. The van der Waals surface area contributed by atoms with Crippen molar-refractivity contribution in [1.82, 2.24) is 0 Å². The molecule has 0 unspecified atom stereocenters. The van der Waals surface area contributed by atoms with Gasteiger partial charge in [0.25, 0.3) is 5.69 Å². The summed E-state index contributed by atoms with van der Waals surface area (Å²) in [6.45, 7) is 4.92. The Labute approximate surface area is 199 Å². The van der Waals surface area contributed by atoms with E-state index in [1.807, 2.05) is 0 Å². The van der Waals surface area contributed by atoms with Crippen molar-refractivity contribution in [2.75, 3.05) is 31.4 Å². The van der Waals surface area contributed by atoms with E-state index < -0.39 is 48.0 Å². The van der Waals surface area contributed by atoms with Gasteiger partial charge in [-0.3, -0.25) is 14.7 Å². The third-order valence-corrected chi connectivity index (χ3v) is 6.16. The average Bonchev–Trinajstić information content (AvgIpc) is 2.78. The number of hydrogen-bond donors (Lipinski definition) is 1. The van der Waals surface area contributed by atoms with Crippen molar-refractivity contribution in [2.45, 2.75) is 26.9 Å². The Morgan fingerprint density at radius 1 is 1.06 bits per heavy atom. The fraction of sp³-hybridized carbons (Fsp3) is 0.381. The van der Waals surface area contributed by atoms with Crippen molar-refractivity contribution in [2.24, 2.45) is 0 Å². The Morgan fingerprint density at radius 2 is 1.66 bits per heavy atom. The summed E-state index contributed by atoms with van der Waals surface area (Å²) < 4.78 is 74.1. The van der Waals surface area contributed by atoms with Crippen LogP contribution < -0.4 is 10.1 Å². The topological polar surface area (TPSA) is 126 Å². The van der Waals surface area contributed by atoms with Crippen molar-refractivity contribution in [3.63, 3.8) is 0 Å². The van der Waals surface area contributed by atoms with Crippen molar-refractivity contribution >= 4 is 24.9 Å². The molecule has 0 saturated carbocycles. The minimum absolute atomic E-state index is 0.0181. The van der Waals surface area contributed by atoms with Gasteiger partial charge in [-0.2, -0.15) is 13.2 Å². The van der Waals surface area contributed by atoms with E-state index >= 15 is 0 Å². The standard InChI is InChI=1S/C21H24F3N2O8P/c1-4-31-20(27)14-7-9-15(10-8-14)34-19-12-17(25-13-35(30,32-5-2)33-6-3)18(26(28)29)11-16(19)21(22,23)24/h7-12,25H,4-6,13H2,1-3H3. The summed E-state index contributed by atoms with van der Waals surface area (Å²) in [5.74, 6) is -1.44. The van der Waals surface area contributed by atoms with Crippen LogP contribution in [0, 0.1) is 10.1 Å². The molecule has 0 amide bonds. The molecule has 0 atom stereocenters. The quantitative estimate of drug-likeness (QED) is 0.150. The third-order valence-electron chi connectivity index (χ3n) is 4.31. The van der Waals surface area contributed by atoms with E-state index in [9.17, 15) is 32.6 Å². The number of nitro groups is 1. The number of nitrogens with zero attached hydrogens (tertiary/aromatic N) is 1. The minimum atomic E-state index is -4.99. The van der Waals surface area contributed by atoms with Crippen LogP contribution in [0.5, 0.6) is 11.5 Å². The van der Waals surface area contributed by atoms with E-state index in [2.05, 4.69) is 5.32 Å². The second kappa shape index (κ2) is 12.0. The highest BCUT2D eigenvalue weighted by atomic mass is 31.2. The molecule has 0 heterocycles. The number of halogens is 3. The predicted molar refractivity (Wildman–Crippen MR) is 120 cm³/mol. The summed E-state index contributed by atoms with van der Waals surface area (Å²) in [6, 6.07) is 6.19. The van der Waals surface area contributed by atoms with Crippen LogP contribution in [-0.4, -0.2) is 37.0 Å². The highest BCUT2D eigenvalue weighted by Crippen LogP contribution is 2.49. The van der Waals surface area contributed by atoms with Gasteiger partial charge in [0.05, 0.1) is 30.3 Å². The van der Waals surface area contributed by atoms with Gasteiger partial charge in [0.1, 0.15) is 29.0 Å². The van der Waals surface area contributed by atoms with Crippen LogP contribution in [0.2, 0.25) is 0 Å². The second-order valence-corrected chi connectivity index (χ2v) is 8.80. The first kappa shape index (κ1) is 28.1. The van der Waals surface area contributed by atoms with Gasteiger partial charge in [0.2, 0.25) is 0 Å². The Bertz CT molecular complexity index is 1080. The summed E-state index contributed by atoms with van der Waals surface area (Å²) >= 11 is 0. The first-order valence-electron chi connectivity index (χ1n) is 10.4. The highest BCUT2D eigenvalue weighted by molar-refractivity contribution is 7.53. The molecule has 0 saturated heterocycles. The van der Waals surface area contributed by atoms with Crippen LogP contribution in [0.15, 0.2) is 36.4 Å². The maximum atomic E-state index is 13.7. The van der Waals surface area contributed by atoms with Crippen molar-refractivity contribution in [1.29, 1.82) is 0 Å². The SMILES string of the molecule is CCOC(=O)c1ccc(Oc2cc(NCP(=O)(OCC)OCC)c([N+](=O)[O-])cc2C(F)(F)F)cc1. The fourth-order valence-corrected chi connectivity index (χ4v) is 4.28. The third kappa shape index (κ3) is 7.67. The van der Waals surface area contributed by atoms with Crippen LogP contribution in [0.1, 0.15) is 36.7 Å². The summed E-state index contributed by atoms with van der Waals surface area (Å²) in [7, 11) is -3.72. The van der Waals surface area contributed by atoms with E-state index in [-0.39, 0.29) is 36.8 Å². The van der Waals surface area contributed by atoms with Gasteiger partial charge >= 0.3 is 19.7 Å². The normalized spacial score (nSPS) is 11.7. The molecule has 35 heavy (non-hydrogen) atoms. The van der Waals surface area contributed by atoms with Gasteiger partial charge < -0.3 is 23.8 Å². The van der Waals surface area contributed by atoms with E-state index in [1.165, 1.54) is 24.3 Å². The smallest absolute Gasteiger partial charge is 0.420 e. The Balaban J connectivity index is 2.46. The number of carbonyl (C=O) groups is 1. The number of ether oxygens (including phenoxy) is 2. The van der Waals surface area contributed by atoms with E-state index in [0.29, 0.717) is 6.07 Å². The molecular weight excluding hydrogens is 496 g/mol. The Morgan fingerprint density at radius 3 is 2.14 bits per heavy atom. The molecule has 2 aromatic rings. The van der Waals surface area contributed by atoms with Crippen LogP contribution in [-0.2, 0) is 24.5 Å². The van der Waals surface area contributed by atoms with Gasteiger partial charge in [-0.15, -0.1) is 0 Å². The molecule has 0 spiro atoms. The zero-order valence-corrected chi connectivity index (χ0v) is 20.0. The summed E-state index contributed by atoms with van der Waals surface area (Å²) in [4.78, 5) is 22.2. The second-order valence-electron chi connectivity index (χ2n) is 6.75. The number of hydrogen-bond acceptors (Lipinski definition) is 9. The summed E-state index contributed by atoms with van der Waals surface area (Å²) in [5.41, 5.74) is -2.55. The number of carbonyl (C=O) groups excluding carboxylic acids is 1. The van der Waals surface area contributed by atoms with Gasteiger partial charge in [0, 0.05) is 12.1 Å². The highest BCUT2D eigenvalue weighted by Gasteiger charge is 2.38. The molecule has 0 aromatic heterocycles. The molecule has 2 aromatic carbocycles. The van der Waals surface area contributed by atoms with Crippen LogP contribution in [0.25, 0.3) is 0 Å². The molecule has 0 fully saturated rings. The van der Waals surface area contributed by atoms with Crippen molar-refractivity contribution in [3.8, 4) is 11.5 Å². The Kier molecular flexibility index (Phi) is 9.64. The summed E-state index contributed by atoms with van der Waals surface area (Å²) in [6.07, 6.45) is -5.52.